The van der Waals surface area contributed by atoms with Gasteiger partial charge in [-0.1, -0.05) is 12.1 Å². The van der Waals surface area contributed by atoms with E-state index >= 15 is 0 Å². The van der Waals surface area contributed by atoms with E-state index in [0.29, 0.717) is 43.6 Å². The van der Waals surface area contributed by atoms with E-state index in [1.807, 2.05) is 31.3 Å². The Balaban J connectivity index is 1.43. The second-order valence-electron chi connectivity index (χ2n) is 8.18. The first-order chi connectivity index (χ1) is 15.9. The van der Waals surface area contributed by atoms with Gasteiger partial charge in [-0.2, -0.15) is 4.31 Å². The molecular formula is C24H26N4O3S2. The van der Waals surface area contributed by atoms with Crippen LogP contribution in [0.1, 0.15) is 11.1 Å². The van der Waals surface area contributed by atoms with Gasteiger partial charge < -0.3 is 15.4 Å². The molecule has 2 aliphatic rings. The zero-order chi connectivity index (χ0) is 23.2. The summed E-state index contributed by atoms with van der Waals surface area (Å²) in [4.78, 5) is 8.20. The van der Waals surface area contributed by atoms with Crippen molar-refractivity contribution in [2.75, 3.05) is 44.5 Å². The first-order valence-electron chi connectivity index (χ1n) is 10.8. The number of benzene rings is 3. The maximum absolute atomic E-state index is 12.9. The first kappa shape index (κ1) is 22.2. The zero-order valence-corrected chi connectivity index (χ0v) is 20.2. The van der Waals surface area contributed by atoms with Gasteiger partial charge in [0.05, 0.1) is 23.8 Å². The molecule has 7 nitrogen and oxygen atoms in total. The zero-order valence-electron chi connectivity index (χ0n) is 18.6. The summed E-state index contributed by atoms with van der Waals surface area (Å²) >= 11 is 1.70. The molecule has 0 amide bonds. The van der Waals surface area contributed by atoms with E-state index in [9.17, 15) is 8.42 Å². The minimum Gasteiger partial charge on any atom is -0.383 e. The van der Waals surface area contributed by atoms with Crippen molar-refractivity contribution in [3.63, 3.8) is 0 Å². The minimum atomic E-state index is -3.49. The lowest BCUT2D eigenvalue weighted by molar-refractivity contribution is 0.0730. The molecule has 172 valence electrons. The van der Waals surface area contributed by atoms with Gasteiger partial charge in [0.15, 0.2) is 0 Å². The molecule has 0 radical (unpaired) electrons. The van der Waals surface area contributed by atoms with Crippen molar-refractivity contribution in [1.29, 1.82) is 0 Å². The Morgan fingerprint density at radius 3 is 2.48 bits per heavy atom. The maximum Gasteiger partial charge on any atom is 0.243 e. The van der Waals surface area contributed by atoms with Crippen LogP contribution in [0, 0.1) is 0 Å². The van der Waals surface area contributed by atoms with Crippen molar-refractivity contribution in [2.24, 2.45) is 10.7 Å². The highest BCUT2D eigenvalue weighted by Crippen LogP contribution is 2.43. The highest BCUT2D eigenvalue weighted by atomic mass is 32.2. The second kappa shape index (κ2) is 8.64. The number of aliphatic imine (C=N–C) groups is 1. The summed E-state index contributed by atoms with van der Waals surface area (Å²) in [5.74, 6) is 0.555. The Morgan fingerprint density at radius 2 is 1.79 bits per heavy atom. The van der Waals surface area contributed by atoms with E-state index in [1.165, 1.54) is 9.20 Å². The SMILES string of the molecule is CSc1ccc2c3c(ccc(N(C)Cc4ccc(S(=O)(=O)N5CCOCC5)cc4)c13)N=C2N. The summed E-state index contributed by atoms with van der Waals surface area (Å²) in [7, 11) is -1.45. The number of hydrogen-bond acceptors (Lipinski definition) is 7. The molecule has 1 saturated heterocycles. The number of sulfonamides is 1. The number of hydrogen-bond donors (Lipinski definition) is 1. The van der Waals surface area contributed by atoms with Crippen molar-refractivity contribution in [1.82, 2.24) is 4.31 Å². The van der Waals surface area contributed by atoms with Gasteiger partial charge >= 0.3 is 0 Å². The number of nitrogens with zero attached hydrogens (tertiary/aromatic N) is 3. The van der Waals surface area contributed by atoms with Crippen LogP contribution >= 0.6 is 11.8 Å². The molecule has 2 heterocycles. The van der Waals surface area contributed by atoms with E-state index in [0.717, 1.165) is 33.3 Å². The Hall–Kier alpha value is -2.59. The molecule has 0 unspecified atom stereocenters. The minimum absolute atomic E-state index is 0.318. The topological polar surface area (TPSA) is 88.2 Å². The molecule has 2 aliphatic heterocycles. The summed E-state index contributed by atoms with van der Waals surface area (Å²) < 4.78 is 32.6. The van der Waals surface area contributed by atoms with Gasteiger partial charge in [-0.05, 0) is 48.2 Å². The Morgan fingerprint density at radius 1 is 1.06 bits per heavy atom. The fourth-order valence-corrected chi connectivity index (χ4v) is 6.50. The normalized spacial score (nSPS) is 16.2. The second-order valence-corrected chi connectivity index (χ2v) is 11.0. The van der Waals surface area contributed by atoms with Crippen LogP contribution in [0.2, 0.25) is 0 Å². The molecule has 0 saturated carbocycles. The predicted octanol–water partition coefficient (Wildman–Crippen LogP) is 3.57. The quantitative estimate of drug-likeness (QED) is 0.541. The standard InChI is InChI=1S/C24H26N4O3S2/c1-27(15-16-3-5-17(6-4-16)33(29,30)28-11-13-31-14-12-28)20-9-8-19-22-18(24(25)26-19)7-10-21(32-2)23(20)22/h3-10H,11-15H2,1-2H3,(H2,25,26). The van der Waals surface area contributed by atoms with Crippen molar-refractivity contribution >= 4 is 49.8 Å². The van der Waals surface area contributed by atoms with Gasteiger partial charge in [0.1, 0.15) is 5.84 Å². The van der Waals surface area contributed by atoms with E-state index in [2.05, 4.69) is 28.3 Å². The lowest BCUT2D eigenvalue weighted by atomic mass is 10.0. The van der Waals surface area contributed by atoms with Crippen LogP contribution < -0.4 is 10.6 Å². The Bertz CT molecular complexity index is 1350. The monoisotopic (exact) mass is 482 g/mol. The summed E-state index contributed by atoms with van der Waals surface area (Å²) in [5, 5.41) is 2.24. The van der Waals surface area contributed by atoms with Gasteiger partial charge in [-0.3, -0.25) is 0 Å². The first-order valence-corrected chi connectivity index (χ1v) is 13.4. The Kier molecular flexibility index (Phi) is 5.82. The molecule has 0 bridgehead atoms. The lowest BCUT2D eigenvalue weighted by Crippen LogP contribution is -2.40. The Labute approximate surface area is 198 Å². The van der Waals surface area contributed by atoms with E-state index in [1.54, 1.807) is 23.9 Å². The van der Waals surface area contributed by atoms with Gasteiger partial charge in [0.2, 0.25) is 10.0 Å². The molecule has 0 aromatic heterocycles. The third-order valence-electron chi connectivity index (χ3n) is 6.18. The van der Waals surface area contributed by atoms with Crippen LogP contribution in [-0.4, -0.2) is 58.2 Å². The van der Waals surface area contributed by atoms with Gasteiger partial charge in [0.25, 0.3) is 0 Å². The summed E-state index contributed by atoms with van der Waals surface area (Å²) in [6.07, 6.45) is 2.07. The molecular weight excluding hydrogens is 456 g/mol. The van der Waals surface area contributed by atoms with E-state index in [4.69, 9.17) is 10.5 Å². The van der Waals surface area contributed by atoms with Crippen LogP contribution in [0.3, 0.4) is 0 Å². The molecule has 3 aromatic rings. The van der Waals surface area contributed by atoms with Crippen LogP contribution in [0.4, 0.5) is 11.4 Å². The van der Waals surface area contributed by atoms with Gasteiger partial charge in [-0.25, -0.2) is 13.4 Å². The molecule has 3 aromatic carbocycles. The average molecular weight is 483 g/mol. The van der Waals surface area contributed by atoms with Crippen molar-refractivity contribution < 1.29 is 13.2 Å². The van der Waals surface area contributed by atoms with Crippen LogP contribution in [-0.2, 0) is 21.3 Å². The smallest absolute Gasteiger partial charge is 0.243 e. The van der Waals surface area contributed by atoms with Crippen LogP contribution in [0.15, 0.2) is 63.3 Å². The molecule has 5 rings (SSSR count). The van der Waals surface area contributed by atoms with Gasteiger partial charge in [0, 0.05) is 53.6 Å². The van der Waals surface area contributed by atoms with Crippen LogP contribution in [0.25, 0.3) is 10.8 Å². The summed E-state index contributed by atoms with van der Waals surface area (Å²) in [6.45, 7) is 2.30. The summed E-state index contributed by atoms with van der Waals surface area (Å²) in [5.41, 5.74) is 10.2. The highest BCUT2D eigenvalue weighted by Gasteiger charge is 2.26. The molecule has 9 heteroatoms. The third-order valence-corrected chi connectivity index (χ3v) is 8.87. The third kappa shape index (κ3) is 3.89. The number of anilines is 1. The lowest BCUT2D eigenvalue weighted by Gasteiger charge is -2.26. The predicted molar refractivity (Wildman–Crippen MR) is 134 cm³/mol. The fourth-order valence-electron chi connectivity index (χ4n) is 4.48. The average Bonchev–Trinajstić information content (AvgIpc) is 3.17. The van der Waals surface area contributed by atoms with Crippen molar-refractivity contribution in [3.05, 3.63) is 59.7 Å². The number of nitrogens with two attached hydrogens (primary N) is 1. The molecule has 33 heavy (non-hydrogen) atoms. The number of thioether (sulfide) groups is 1. The van der Waals surface area contributed by atoms with Crippen molar-refractivity contribution in [3.8, 4) is 0 Å². The number of amidine groups is 1. The summed E-state index contributed by atoms with van der Waals surface area (Å²) in [6, 6.07) is 15.4. The molecule has 1 fully saturated rings. The number of ether oxygens (including phenoxy) is 1. The van der Waals surface area contributed by atoms with Crippen molar-refractivity contribution in [2.45, 2.75) is 16.3 Å². The number of morpholine rings is 1. The van der Waals surface area contributed by atoms with Crippen LogP contribution in [0.5, 0.6) is 0 Å². The molecule has 0 aliphatic carbocycles. The molecule has 2 N–H and O–H groups in total. The highest BCUT2D eigenvalue weighted by molar-refractivity contribution is 7.98. The maximum atomic E-state index is 12.9. The number of rotatable bonds is 6. The molecule has 0 atom stereocenters. The van der Waals surface area contributed by atoms with E-state index in [-0.39, 0.29) is 0 Å². The van der Waals surface area contributed by atoms with E-state index < -0.39 is 10.0 Å². The molecule has 0 spiro atoms. The van der Waals surface area contributed by atoms with Gasteiger partial charge in [-0.15, -0.1) is 11.8 Å². The fraction of sp³-hybridized carbons (Fsp3) is 0.292. The largest absolute Gasteiger partial charge is 0.383 e.